The molecule has 96 valence electrons. The van der Waals surface area contributed by atoms with E-state index in [4.69, 9.17) is 0 Å². The molecule has 3 rings (SSSR count). The average molecular weight is 265 g/mol. The quantitative estimate of drug-likeness (QED) is 0.733. The summed E-state index contributed by atoms with van der Waals surface area (Å²) >= 11 is 0. The van der Waals surface area contributed by atoms with Crippen molar-refractivity contribution in [2.24, 2.45) is 0 Å². The molecule has 0 fully saturated rings. The highest BCUT2D eigenvalue weighted by Crippen LogP contribution is 2.35. The van der Waals surface area contributed by atoms with Gasteiger partial charge in [-0.1, -0.05) is 0 Å². The second-order valence-electron chi connectivity index (χ2n) is 3.75. The van der Waals surface area contributed by atoms with Gasteiger partial charge in [0.2, 0.25) is 0 Å². The minimum absolute atomic E-state index is 0.0555. The highest BCUT2D eigenvalue weighted by atomic mass is 19.4. The van der Waals surface area contributed by atoms with E-state index < -0.39 is 11.7 Å². The topological polar surface area (TPSA) is 67.3 Å². The normalized spacial score (nSPS) is 11.9. The van der Waals surface area contributed by atoms with Gasteiger partial charge in [0.15, 0.2) is 11.5 Å². The van der Waals surface area contributed by atoms with Crippen LogP contribution in [0, 0.1) is 0 Å². The number of halogens is 3. The minimum Gasteiger partial charge on any atom is -0.342 e. The molecule has 0 atom stereocenters. The summed E-state index contributed by atoms with van der Waals surface area (Å²) in [6, 6.07) is 0.896. The summed E-state index contributed by atoms with van der Waals surface area (Å²) in [5.41, 5.74) is -0.125. The lowest BCUT2D eigenvalue weighted by Gasteiger charge is -2.10. The van der Waals surface area contributed by atoms with Gasteiger partial charge in [-0.05, 0) is 6.07 Å². The molecule has 8 heteroatoms. The summed E-state index contributed by atoms with van der Waals surface area (Å²) in [5, 5.41) is 0. The van der Waals surface area contributed by atoms with Crippen molar-refractivity contribution in [3.05, 3.63) is 36.5 Å². The van der Waals surface area contributed by atoms with Crippen molar-refractivity contribution >= 4 is 11.2 Å². The van der Waals surface area contributed by atoms with Crippen molar-refractivity contribution in [3.63, 3.8) is 0 Å². The molecule has 0 radical (unpaired) electrons. The highest BCUT2D eigenvalue weighted by molar-refractivity contribution is 5.72. The fourth-order valence-corrected chi connectivity index (χ4v) is 1.69. The number of nitrogens with zero attached hydrogens (tertiary/aromatic N) is 4. The first kappa shape index (κ1) is 11.6. The number of alkyl halides is 3. The molecule has 3 aromatic heterocycles. The molecule has 0 aliphatic heterocycles. The molecule has 1 N–H and O–H groups in total. The number of pyridine rings is 1. The molecule has 0 bridgehead atoms. The van der Waals surface area contributed by atoms with E-state index >= 15 is 0 Å². The molecule has 0 spiro atoms. The van der Waals surface area contributed by atoms with Crippen LogP contribution in [0.5, 0.6) is 0 Å². The number of nitrogens with one attached hydrogen (secondary N) is 1. The van der Waals surface area contributed by atoms with E-state index in [9.17, 15) is 13.2 Å². The number of H-pyrrole nitrogens is 1. The Balaban J connectivity index is 2.21. The van der Waals surface area contributed by atoms with Gasteiger partial charge in [-0.25, -0.2) is 15.0 Å². The van der Waals surface area contributed by atoms with Gasteiger partial charge >= 0.3 is 6.18 Å². The van der Waals surface area contributed by atoms with Crippen LogP contribution in [0.2, 0.25) is 0 Å². The Morgan fingerprint density at radius 2 is 1.95 bits per heavy atom. The molecule has 0 saturated heterocycles. The van der Waals surface area contributed by atoms with Crippen molar-refractivity contribution in [2.75, 3.05) is 0 Å². The van der Waals surface area contributed by atoms with Crippen LogP contribution >= 0.6 is 0 Å². The second kappa shape index (κ2) is 4.01. The zero-order chi connectivity index (χ0) is 13.5. The summed E-state index contributed by atoms with van der Waals surface area (Å²) in [4.78, 5) is 18.2. The summed E-state index contributed by atoms with van der Waals surface area (Å²) in [7, 11) is 0. The van der Waals surface area contributed by atoms with Gasteiger partial charge in [0.05, 0.1) is 18.1 Å². The lowest BCUT2D eigenvalue weighted by molar-refractivity contribution is -0.137. The zero-order valence-corrected chi connectivity index (χ0v) is 9.31. The van der Waals surface area contributed by atoms with Gasteiger partial charge in [-0.15, -0.1) is 0 Å². The standard InChI is InChI=1S/C11H6F3N5/c12-11(13,14)7-1-2-15-3-6(7)9-16-4-8-10(19-9)18-5-17-8/h1-5H,(H,16,17,18,19). The van der Waals surface area contributed by atoms with Gasteiger partial charge in [0, 0.05) is 18.0 Å². The summed E-state index contributed by atoms with van der Waals surface area (Å²) in [5.74, 6) is -0.0555. The van der Waals surface area contributed by atoms with E-state index in [1.807, 2.05) is 0 Å². The van der Waals surface area contributed by atoms with Crippen molar-refractivity contribution < 1.29 is 13.2 Å². The fourth-order valence-electron chi connectivity index (χ4n) is 1.69. The van der Waals surface area contributed by atoms with E-state index in [2.05, 4.69) is 24.9 Å². The largest absolute Gasteiger partial charge is 0.417 e. The molecule has 0 aromatic carbocycles. The van der Waals surface area contributed by atoms with Crippen LogP contribution < -0.4 is 0 Å². The minimum atomic E-state index is -4.48. The number of aromatic amines is 1. The number of hydrogen-bond donors (Lipinski definition) is 1. The van der Waals surface area contributed by atoms with E-state index in [0.717, 1.165) is 18.5 Å². The Hall–Kier alpha value is -2.51. The molecule has 0 aliphatic carbocycles. The second-order valence-corrected chi connectivity index (χ2v) is 3.75. The zero-order valence-electron chi connectivity index (χ0n) is 9.31. The van der Waals surface area contributed by atoms with E-state index in [1.54, 1.807) is 0 Å². The van der Waals surface area contributed by atoms with Crippen molar-refractivity contribution in [1.82, 2.24) is 24.9 Å². The first-order chi connectivity index (χ1) is 9.05. The molecule has 0 unspecified atom stereocenters. The third-order valence-corrected chi connectivity index (χ3v) is 2.54. The van der Waals surface area contributed by atoms with Gasteiger partial charge in [-0.3, -0.25) is 4.98 Å². The number of rotatable bonds is 1. The molecular weight excluding hydrogens is 259 g/mol. The average Bonchev–Trinajstić information content (AvgIpc) is 2.85. The van der Waals surface area contributed by atoms with E-state index in [0.29, 0.717) is 11.2 Å². The van der Waals surface area contributed by atoms with Crippen LogP contribution in [-0.4, -0.2) is 24.9 Å². The van der Waals surface area contributed by atoms with Crippen LogP contribution in [0.25, 0.3) is 22.6 Å². The van der Waals surface area contributed by atoms with Crippen LogP contribution in [0.3, 0.4) is 0 Å². The Morgan fingerprint density at radius 1 is 1.11 bits per heavy atom. The maximum absolute atomic E-state index is 12.9. The third-order valence-electron chi connectivity index (χ3n) is 2.54. The smallest absolute Gasteiger partial charge is 0.342 e. The van der Waals surface area contributed by atoms with Crippen molar-refractivity contribution in [1.29, 1.82) is 0 Å². The third kappa shape index (κ3) is 2.01. The monoisotopic (exact) mass is 265 g/mol. The number of imidazole rings is 1. The van der Waals surface area contributed by atoms with E-state index in [-0.39, 0.29) is 11.4 Å². The Labute approximate surface area is 104 Å². The molecule has 5 nitrogen and oxygen atoms in total. The van der Waals surface area contributed by atoms with E-state index in [1.165, 1.54) is 12.5 Å². The van der Waals surface area contributed by atoms with Gasteiger partial charge in [-0.2, -0.15) is 13.2 Å². The Kier molecular flexibility index (Phi) is 2.44. The van der Waals surface area contributed by atoms with Crippen LogP contribution in [-0.2, 0) is 6.18 Å². The SMILES string of the molecule is FC(F)(F)c1ccncc1-c1ncc2[nH]cnc2n1. The lowest BCUT2D eigenvalue weighted by Crippen LogP contribution is -2.08. The first-order valence-corrected chi connectivity index (χ1v) is 5.23. The van der Waals surface area contributed by atoms with Gasteiger partial charge < -0.3 is 4.98 Å². The lowest BCUT2D eigenvalue weighted by atomic mass is 10.1. The molecule has 19 heavy (non-hydrogen) atoms. The number of fused-ring (bicyclic) bond motifs is 1. The summed E-state index contributed by atoms with van der Waals surface area (Å²) in [6.45, 7) is 0. The summed E-state index contributed by atoms with van der Waals surface area (Å²) in [6.07, 6.45) is 0.479. The predicted octanol–water partition coefficient (Wildman–Crippen LogP) is 2.43. The van der Waals surface area contributed by atoms with Crippen LogP contribution in [0.15, 0.2) is 31.0 Å². The van der Waals surface area contributed by atoms with Crippen molar-refractivity contribution in [3.8, 4) is 11.4 Å². The van der Waals surface area contributed by atoms with Gasteiger partial charge in [0.1, 0.15) is 5.52 Å². The molecule has 0 amide bonds. The molecular formula is C11H6F3N5. The highest BCUT2D eigenvalue weighted by Gasteiger charge is 2.34. The Bertz CT molecular complexity index is 734. The first-order valence-electron chi connectivity index (χ1n) is 5.23. The fraction of sp³-hybridized carbons (Fsp3) is 0.0909. The number of hydrogen-bond acceptors (Lipinski definition) is 4. The maximum Gasteiger partial charge on any atom is 0.417 e. The van der Waals surface area contributed by atoms with Crippen LogP contribution in [0.4, 0.5) is 13.2 Å². The van der Waals surface area contributed by atoms with Crippen LogP contribution in [0.1, 0.15) is 5.56 Å². The summed E-state index contributed by atoms with van der Waals surface area (Å²) < 4.78 is 38.6. The molecule has 3 heterocycles. The predicted molar refractivity (Wildman–Crippen MR) is 59.9 cm³/mol. The number of aromatic nitrogens is 5. The molecule has 0 saturated carbocycles. The molecule has 0 aliphatic rings. The van der Waals surface area contributed by atoms with Gasteiger partial charge in [0.25, 0.3) is 0 Å². The molecule has 3 aromatic rings. The van der Waals surface area contributed by atoms with Crippen molar-refractivity contribution in [2.45, 2.75) is 6.18 Å². The Morgan fingerprint density at radius 3 is 2.74 bits per heavy atom. The maximum atomic E-state index is 12.9.